The van der Waals surface area contributed by atoms with Gasteiger partial charge in [0.2, 0.25) is 0 Å². The van der Waals surface area contributed by atoms with E-state index >= 15 is 0 Å². The molecule has 0 aliphatic rings. The van der Waals surface area contributed by atoms with E-state index in [2.05, 4.69) is 17.2 Å². The van der Waals surface area contributed by atoms with Crippen LogP contribution in [0.15, 0.2) is 30.5 Å². The third-order valence-electron chi connectivity index (χ3n) is 3.10. The van der Waals surface area contributed by atoms with Crippen LogP contribution in [-0.4, -0.2) is 22.7 Å². The van der Waals surface area contributed by atoms with E-state index in [-0.39, 0.29) is 5.75 Å². The number of phenols is 1. The first kappa shape index (κ1) is 12.6. The van der Waals surface area contributed by atoms with E-state index < -0.39 is 0 Å². The van der Waals surface area contributed by atoms with Crippen molar-refractivity contribution in [1.82, 2.24) is 4.98 Å². The Morgan fingerprint density at radius 3 is 2.94 bits per heavy atom. The summed E-state index contributed by atoms with van der Waals surface area (Å²) in [7, 11) is 0. The summed E-state index contributed by atoms with van der Waals surface area (Å²) in [5.41, 5.74) is 5.59. The summed E-state index contributed by atoms with van der Waals surface area (Å²) in [6.07, 6.45) is 3.68. The molecule has 0 fully saturated rings. The molecule has 1 aromatic heterocycles. The zero-order chi connectivity index (χ0) is 13.0. The summed E-state index contributed by atoms with van der Waals surface area (Å²) in [4.78, 5) is 4.35. The van der Waals surface area contributed by atoms with E-state index in [1.807, 2.05) is 12.1 Å². The maximum absolute atomic E-state index is 9.57. The van der Waals surface area contributed by atoms with E-state index in [0.717, 1.165) is 29.4 Å². The van der Waals surface area contributed by atoms with Gasteiger partial charge in [-0.25, -0.2) is 4.98 Å². The minimum absolute atomic E-state index is 0.255. The standard InChI is InChI=1S/C14H19N3O/c1-2-11(5-7-15)17-14-13-9-12(18)4-3-10(13)6-8-16-14/h3-4,6,8-9,11,18H,2,5,7,15H2,1H3,(H,16,17). The van der Waals surface area contributed by atoms with Gasteiger partial charge in [0.15, 0.2) is 0 Å². The highest BCUT2D eigenvalue weighted by molar-refractivity contribution is 5.92. The Hall–Kier alpha value is -1.81. The summed E-state index contributed by atoms with van der Waals surface area (Å²) in [5, 5.41) is 15.0. The molecule has 4 nitrogen and oxygen atoms in total. The number of rotatable bonds is 5. The van der Waals surface area contributed by atoms with Gasteiger partial charge in [-0.05, 0) is 43.0 Å². The van der Waals surface area contributed by atoms with Crippen molar-refractivity contribution in [3.8, 4) is 5.75 Å². The molecule has 2 rings (SSSR count). The topological polar surface area (TPSA) is 71.2 Å². The number of hydrogen-bond donors (Lipinski definition) is 3. The van der Waals surface area contributed by atoms with Crippen molar-refractivity contribution in [2.24, 2.45) is 5.73 Å². The van der Waals surface area contributed by atoms with Crippen LogP contribution in [0.3, 0.4) is 0 Å². The number of nitrogens with zero attached hydrogens (tertiary/aromatic N) is 1. The summed E-state index contributed by atoms with van der Waals surface area (Å²) < 4.78 is 0. The molecule has 1 aromatic carbocycles. The van der Waals surface area contributed by atoms with E-state index in [1.54, 1.807) is 18.3 Å². The molecule has 2 aromatic rings. The predicted molar refractivity (Wildman–Crippen MR) is 74.8 cm³/mol. The van der Waals surface area contributed by atoms with E-state index in [0.29, 0.717) is 12.6 Å². The molecule has 0 radical (unpaired) electrons. The molecule has 0 saturated heterocycles. The van der Waals surface area contributed by atoms with Crippen LogP contribution < -0.4 is 11.1 Å². The van der Waals surface area contributed by atoms with Crippen LogP contribution in [-0.2, 0) is 0 Å². The van der Waals surface area contributed by atoms with Gasteiger partial charge in [0.25, 0.3) is 0 Å². The summed E-state index contributed by atoms with van der Waals surface area (Å²) in [6.45, 7) is 2.78. The molecule has 18 heavy (non-hydrogen) atoms. The minimum Gasteiger partial charge on any atom is -0.508 e. The first-order chi connectivity index (χ1) is 8.74. The number of benzene rings is 1. The van der Waals surface area contributed by atoms with Gasteiger partial charge in [0.05, 0.1) is 0 Å². The lowest BCUT2D eigenvalue weighted by Gasteiger charge is -2.17. The molecule has 96 valence electrons. The maximum Gasteiger partial charge on any atom is 0.134 e. The second-order valence-electron chi connectivity index (χ2n) is 4.39. The SMILES string of the molecule is CCC(CCN)Nc1nccc2ccc(O)cc12. The molecular weight excluding hydrogens is 226 g/mol. The molecule has 1 atom stereocenters. The first-order valence-corrected chi connectivity index (χ1v) is 6.29. The van der Waals surface area contributed by atoms with E-state index in [1.165, 1.54) is 0 Å². The third kappa shape index (κ3) is 2.71. The van der Waals surface area contributed by atoms with Crippen molar-refractivity contribution in [2.75, 3.05) is 11.9 Å². The highest BCUT2D eigenvalue weighted by Gasteiger charge is 2.09. The number of phenolic OH excluding ortho intramolecular Hbond substituents is 1. The fourth-order valence-corrected chi connectivity index (χ4v) is 2.04. The van der Waals surface area contributed by atoms with Gasteiger partial charge >= 0.3 is 0 Å². The molecule has 4 heteroatoms. The quantitative estimate of drug-likeness (QED) is 0.756. The van der Waals surface area contributed by atoms with Gasteiger partial charge in [0.1, 0.15) is 11.6 Å². The van der Waals surface area contributed by atoms with Gasteiger partial charge in [-0.2, -0.15) is 0 Å². The number of nitrogens with one attached hydrogen (secondary N) is 1. The molecule has 0 saturated carbocycles. The smallest absolute Gasteiger partial charge is 0.134 e. The number of pyridine rings is 1. The van der Waals surface area contributed by atoms with Gasteiger partial charge < -0.3 is 16.2 Å². The summed E-state index contributed by atoms with van der Waals surface area (Å²) in [5.74, 6) is 1.06. The summed E-state index contributed by atoms with van der Waals surface area (Å²) in [6, 6.07) is 7.56. The van der Waals surface area contributed by atoms with Crippen LogP contribution in [0.5, 0.6) is 5.75 Å². The Morgan fingerprint density at radius 2 is 2.22 bits per heavy atom. The second kappa shape index (κ2) is 5.69. The van der Waals surface area contributed by atoms with Crippen molar-refractivity contribution < 1.29 is 5.11 Å². The number of anilines is 1. The van der Waals surface area contributed by atoms with Crippen molar-refractivity contribution >= 4 is 16.6 Å². The maximum atomic E-state index is 9.57. The Bertz CT molecular complexity index is 527. The van der Waals surface area contributed by atoms with Gasteiger partial charge in [-0.15, -0.1) is 0 Å². The third-order valence-corrected chi connectivity index (χ3v) is 3.10. The molecular formula is C14H19N3O. The van der Waals surface area contributed by atoms with Crippen LogP contribution >= 0.6 is 0 Å². The Balaban J connectivity index is 2.34. The second-order valence-corrected chi connectivity index (χ2v) is 4.39. The highest BCUT2D eigenvalue weighted by Crippen LogP contribution is 2.25. The number of aromatic nitrogens is 1. The van der Waals surface area contributed by atoms with Crippen LogP contribution in [0, 0.1) is 0 Å². The summed E-state index contributed by atoms with van der Waals surface area (Å²) >= 11 is 0. The molecule has 0 amide bonds. The normalized spacial score (nSPS) is 12.6. The Labute approximate surface area is 107 Å². The fraction of sp³-hybridized carbons (Fsp3) is 0.357. The average Bonchev–Trinajstić information content (AvgIpc) is 2.38. The van der Waals surface area contributed by atoms with Crippen molar-refractivity contribution in [3.05, 3.63) is 30.5 Å². The van der Waals surface area contributed by atoms with Crippen LogP contribution in [0.2, 0.25) is 0 Å². The van der Waals surface area contributed by atoms with E-state index in [4.69, 9.17) is 5.73 Å². The Morgan fingerprint density at radius 1 is 1.39 bits per heavy atom. The monoisotopic (exact) mass is 245 g/mol. The zero-order valence-corrected chi connectivity index (χ0v) is 10.6. The lowest BCUT2D eigenvalue weighted by molar-refractivity contribution is 0.476. The number of fused-ring (bicyclic) bond motifs is 1. The molecule has 0 aliphatic carbocycles. The number of nitrogens with two attached hydrogens (primary N) is 1. The zero-order valence-electron chi connectivity index (χ0n) is 10.6. The lowest BCUT2D eigenvalue weighted by Crippen LogP contribution is -2.22. The van der Waals surface area contributed by atoms with Crippen LogP contribution in [0.1, 0.15) is 19.8 Å². The van der Waals surface area contributed by atoms with Crippen molar-refractivity contribution in [3.63, 3.8) is 0 Å². The Kier molecular flexibility index (Phi) is 3.99. The van der Waals surface area contributed by atoms with Crippen LogP contribution in [0.4, 0.5) is 5.82 Å². The number of aromatic hydroxyl groups is 1. The van der Waals surface area contributed by atoms with Crippen LogP contribution in [0.25, 0.3) is 10.8 Å². The fourth-order valence-electron chi connectivity index (χ4n) is 2.04. The molecule has 0 spiro atoms. The van der Waals surface area contributed by atoms with Gasteiger partial charge in [0, 0.05) is 17.6 Å². The first-order valence-electron chi connectivity index (χ1n) is 6.29. The predicted octanol–water partition coefficient (Wildman–Crippen LogP) is 2.48. The molecule has 1 heterocycles. The lowest BCUT2D eigenvalue weighted by atomic mass is 10.1. The molecule has 1 unspecified atom stereocenters. The highest BCUT2D eigenvalue weighted by atomic mass is 16.3. The molecule has 0 aliphatic heterocycles. The molecule has 4 N–H and O–H groups in total. The van der Waals surface area contributed by atoms with Crippen molar-refractivity contribution in [2.45, 2.75) is 25.8 Å². The van der Waals surface area contributed by atoms with E-state index in [9.17, 15) is 5.11 Å². The van der Waals surface area contributed by atoms with Gasteiger partial charge in [-0.1, -0.05) is 13.0 Å². The van der Waals surface area contributed by atoms with Gasteiger partial charge in [-0.3, -0.25) is 0 Å². The average molecular weight is 245 g/mol. The van der Waals surface area contributed by atoms with Crippen molar-refractivity contribution in [1.29, 1.82) is 0 Å². The minimum atomic E-state index is 0.255. The molecule has 0 bridgehead atoms. The largest absolute Gasteiger partial charge is 0.508 e. The number of hydrogen-bond acceptors (Lipinski definition) is 4.